The maximum atomic E-state index is 8.91. The van der Waals surface area contributed by atoms with E-state index >= 15 is 0 Å². The Labute approximate surface area is 117 Å². The smallest absolute Gasteiger partial charge is 0.174 e. The van der Waals surface area contributed by atoms with Crippen molar-refractivity contribution in [2.75, 3.05) is 11.9 Å². The summed E-state index contributed by atoms with van der Waals surface area (Å²) in [7, 11) is 1.89. The van der Waals surface area contributed by atoms with Gasteiger partial charge in [0, 0.05) is 19.4 Å². The Morgan fingerprint density at radius 3 is 2.75 bits per heavy atom. The lowest BCUT2D eigenvalue weighted by atomic mass is 10.1. The van der Waals surface area contributed by atoms with E-state index in [2.05, 4.69) is 15.1 Å². The number of aromatic nitrogens is 2. The Morgan fingerprint density at radius 1 is 1.30 bits per heavy atom. The van der Waals surface area contributed by atoms with E-state index in [4.69, 9.17) is 10.9 Å². The molecule has 0 radical (unpaired) electrons. The van der Waals surface area contributed by atoms with Crippen LogP contribution in [0.1, 0.15) is 16.8 Å². The molecule has 2 heterocycles. The van der Waals surface area contributed by atoms with Crippen LogP contribution < -0.4 is 10.6 Å². The van der Waals surface area contributed by atoms with E-state index in [1.807, 2.05) is 43.1 Å². The van der Waals surface area contributed by atoms with Crippen molar-refractivity contribution in [3.05, 3.63) is 53.5 Å². The van der Waals surface area contributed by atoms with Crippen LogP contribution in [0.15, 0.2) is 41.8 Å². The molecule has 2 rings (SSSR count). The summed E-state index contributed by atoms with van der Waals surface area (Å²) in [5.74, 6) is 0.712. The van der Waals surface area contributed by atoms with Crippen LogP contribution in [-0.2, 0) is 6.54 Å². The van der Waals surface area contributed by atoms with Crippen molar-refractivity contribution >= 4 is 11.7 Å². The summed E-state index contributed by atoms with van der Waals surface area (Å²) in [6, 6.07) is 7.57. The fourth-order valence-electron chi connectivity index (χ4n) is 2.01. The van der Waals surface area contributed by atoms with Crippen LogP contribution in [0.5, 0.6) is 0 Å². The highest BCUT2D eigenvalue weighted by Crippen LogP contribution is 2.20. The molecule has 0 saturated heterocycles. The van der Waals surface area contributed by atoms with Gasteiger partial charge in [0.15, 0.2) is 5.84 Å². The average molecular weight is 271 g/mol. The zero-order valence-electron chi connectivity index (χ0n) is 11.5. The molecule has 0 saturated carbocycles. The Morgan fingerprint density at radius 2 is 2.10 bits per heavy atom. The number of anilines is 1. The van der Waals surface area contributed by atoms with Crippen molar-refractivity contribution < 1.29 is 5.21 Å². The fraction of sp³-hybridized carbons (Fsp3) is 0.214. The Kier molecular flexibility index (Phi) is 4.14. The normalized spacial score (nSPS) is 11.4. The molecular formula is C14H17N5O. The quantitative estimate of drug-likeness (QED) is 0.381. The Bertz CT molecular complexity index is 612. The molecule has 0 atom stereocenters. The van der Waals surface area contributed by atoms with E-state index in [1.165, 1.54) is 0 Å². The molecule has 3 N–H and O–H groups in total. The highest BCUT2D eigenvalue weighted by atomic mass is 16.4. The average Bonchev–Trinajstić information content (AvgIpc) is 2.47. The zero-order valence-corrected chi connectivity index (χ0v) is 11.5. The van der Waals surface area contributed by atoms with Crippen LogP contribution in [0.4, 0.5) is 5.82 Å². The molecule has 0 fully saturated rings. The topological polar surface area (TPSA) is 87.6 Å². The summed E-state index contributed by atoms with van der Waals surface area (Å²) in [6.45, 7) is 2.48. The predicted octanol–water partition coefficient (Wildman–Crippen LogP) is 1.52. The van der Waals surface area contributed by atoms with Crippen molar-refractivity contribution in [3.63, 3.8) is 0 Å². The van der Waals surface area contributed by atoms with Gasteiger partial charge in [-0.25, -0.2) is 4.98 Å². The molecular weight excluding hydrogens is 254 g/mol. The first-order valence-electron chi connectivity index (χ1n) is 6.18. The molecule has 0 unspecified atom stereocenters. The zero-order chi connectivity index (χ0) is 14.5. The molecule has 104 valence electrons. The van der Waals surface area contributed by atoms with Crippen LogP contribution in [0.2, 0.25) is 0 Å². The molecule has 2 aromatic rings. The van der Waals surface area contributed by atoms with Gasteiger partial charge in [0.25, 0.3) is 0 Å². The maximum absolute atomic E-state index is 8.91. The van der Waals surface area contributed by atoms with Gasteiger partial charge in [-0.3, -0.25) is 4.98 Å². The van der Waals surface area contributed by atoms with Gasteiger partial charge in [0.1, 0.15) is 5.82 Å². The van der Waals surface area contributed by atoms with E-state index in [0.717, 1.165) is 11.3 Å². The van der Waals surface area contributed by atoms with Gasteiger partial charge in [-0.2, -0.15) is 0 Å². The van der Waals surface area contributed by atoms with E-state index in [0.29, 0.717) is 17.9 Å². The largest absolute Gasteiger partial charge is 0.409 e. The first-order chi connectivity index (χ1) is 9.63. The number of amidine groups is 1. The third kappa shape index (κ3) is 2.85. The second-order valence-electron chi connectivity index (χ2n) is 4.49. The number of rotatable bonds is 4. The molecule has 20 heavy (non-hydrogen) atoms. The van der Waals surface area contributed by atoms with Crippen molar-refractivity contribution in [1.82, 2.24) is 9.97 Å². The summed E-state index contributed by atoms with van der Waals surface area (Å²) in [5.41, 5.74) is 8.20. The SMILES string of the molecule is Cc1ccnc(N(C)Cc2ccccn2)c1/C(N)=N/O. The van der Waals surface area contributed by atoms with E-state index in [9.17, 15) is 0 Å². The van der Waals surface area contributed by atoms with E-state index in [1.54, 1.807) is 12.4 Å². The summed E-state index contributed by atoms with van der Waals surface area (Å²) >= 11 is 0. The summed E-state index contributed by atoms with van der Waals surface area (Å²) in [4.78, 5) is 10.5. The number of hydrogen-bond acceptors (Lipinski definition) is 5. The van der Waals surface area contributed by atoms with Crippen molar-refractivity contribution in [2.45, 2.75) is 13.5 Å². The number of nitrogens with two attached hydrogens (primary N) is 1. The second kappa shape index (κ2) is 6.01. The molecule has 0 spiro atoms. The minimum Gasteiger partial charge on any atom is -0.409 e. The predicted molar refractivity (Wildman–Crippen MR) is 77.8 cm³/mol. The molecule has 0 amide bonds. The van der Waals surface area contributed by atoms with Gasteiger partial charge in [0.05, 0.1) is 17.8 Å². The molecule has 2 aromatic heterocycles. The Hall–Kier alpha value is -2.63. The lowest BCUT2D eigenvalue weighted by Crippen LogP contribution is -2.25. The summed E-state index contributed by atoms with van der Waals surface area (Å²) in [5, 5.41) is 12.0. The number of aryl methyl sites for hydroxylation is 1. The molecule has 0 aliphatic heterocycles. The third-order valence-corrected chi connectivity index (χ3v) is 2.99. The van der Waals surface area contributed by atoms with E-state index < -0.39 is 0 Å². The van der Waals surface area contributed by atoms with Gasteiger partial charge in [0.2, 0.25) is 0 Å². The number of nitrogens with zero attached hydrogens (tertiary/aromatic N) is 4. The van der Waals surface area contributed by atoms with Gasteiger partial charge < -0.3 is 15.8 Å². The van der Waals surface area contributed by atoms with Crippen LogP contribution in [-0.4, -0.2) is 28.1 Å². The maximum Gasteiger partial charge on any atom is 0.174 e. The fourth-order valence-corrected chi connectivity index (χ4v) is 2.01. The van der Waals surface area contributed by atoms with E-state index in [-0.39, 0.29) is 5.84 Å². The van der Waals surface area contributed by atoms with Crippen molar-refractivity contribution in [3.8, 4) is 0 Å². The lowest BCUT2D eigenvalue weighted by molar-refractivity contribution is 0.318. The van der Waals surface area contributed by atoms with Crippen molar-refractivity contribution in [1.29, 1.82) is 0 Å². The van der Waals surface area contributed by atoms with Gasteiger partial charge in [-0.05, 0) is 30.7 Å². The summed E-state index contributed by atoms with van der Waals surface area (Å²) < 4.78 is 0. The molecule has 6 heteroatoms. The highest BCUT2D eigenvalue weighted by Gasteiger charge is 2.15. The van der Waals surface area contributed by atoms with Gasteiger partial charge in [-0.1, -0.05) is 11.2 Å². The Balaban J connectivity index is 2.35. The van der Waals surface area contributed by atoms with Crippen LogP contribution in [0.25, 0.3) is 0 Å². The number of hydrogen-bond donors (Lipinski definition) is 2. The van der Waals surface area contributed by atoms with Crippen molar-refractivity contribution in [2.24, 2.45) is 10.9 Å². The lowest BCUT2D eigenvalue weighted by Gasteiger charge is -2.21. The minimum absolute atomic E-state index is 0.0541. The van der Waals surface area contributed by atoms with Crippen LogP contribution >= 0.6 is 0 Å². The first-order valence-corrected chi connectivity index (χ1v) is 6.18. The molecule has 6 nitrogen and oxygen atoms in total. The monoisotopic (exact) mass is 271 g/mol. The molecule has 0 aromatic carbocycles. The molecule has 0 aliphatic carbocycles. The highest BCUT2D eigenvalue weighted by molar-refractivity contribution is 6.02. The first kappa shape index (κ1) is 13.8. The number of oxime groups is 1. The van der Waals surface area contributed by atoms with Crippen LogP contribution in [0.3, 0.4) is 0 Å². The third-order valence-electron chi connectivity index (χ3n) is 2.99. The standard InChI is InChI=1S/C14H17N5O/c1-10-6-8-17-14(12(10)13(15)18-20)19(2)9-11-5-3-4-7-16-11/h3-8,20H,9H2,1-2H3,(H2,15,18). The summed E-state index contributed by atoms with van der Waals surface area (Å²) in [6.07, 6.45) is 3.45. The minimum atomic E-state index is 0.0541. The van der Waals surface area contributed by atoms with Gasteiger partial charge in [-0.15, -0.1) is 0 Å². The van der Waals surface area contributed by atoms with Gasteiger partial charge >= 0.3 is 0 Å². The van der Waals surface area contributed by atoms with Crippen LogP contribution in [0, 0.1) is 6.92 Å². The number of pyridine rings is 2. The molecule has 0 aliphatic rings. The molecule has 0 bridgehead atoms. The second-order valence-corrected chi connectivity index (χ2v) is 4.49.